The zero-order valence-electron chi connectivity index (χ0n) is 17.4. The molecule has 151 valence electrons. The van der Waals surface area contributed by atoms with Crippen LogP contribution in [0.4, 0.5) is 0 Å². The normalized spacial score (nSPS) is 10.7. The first kappa shape index (κ1) is 25.1. The summed E-state index contributed by atoms with van der Waals surface area (Å²) in [6.45, 7) is 2.26. The van der Waals surface area contributed by atoms with E-state index >= 15 is 0 Å². The van der Waals surface area contributed by atoms with Gasteiger partial charge in [0.2, 0.25) is 0 Å². The van der Waals surface area contributed by atoms with Crippen LogP contribution in [-0.2, 0) is 9.59 Å². The molecule has 0 rings (SSSR count). The molecular weight excluding hydrogens is 320 g/mol. The largest absolute Gasteiger partial charge is 0.299 e. The van der Waals surface area contributed by atoms with Crippen molar-refractivity contribution in [3.63, 3.8) is 0 Å². The van der Waals surface area contributed by atoms with Crippen LogP contribution in [0.3, 0.4) is 0 Å². The summed E-state index contributed by atoms with van der Waals surface area (Å²) in [5, 5.41) is 0. The van der Waals surface area contributed by atoms with Crippen LogP contribution < -0.4 is 0 Å². The van der Waals surface area contributed by atoms with Crippen LogP contribution in [0.5, 0.6) is 0 Å². The molecule has 0 aromatic rings. The SMILES string of the molecule is CCCCCCCCCCCC(=O)[CH]CCCCCCCCCC=C=O. The Morgan fingerprint density at radius 1 is 0.654 bits per heavy atom. The number of carbonyl (C=O) groups excluding carboxylic acids is 2. The third-order valence-corrected chi connectivity index (χ3v) is 5.03. The molecule has 0 aliphatic rings. The second-order valence-electron chi connectivity index (χ2n) is 7.62. The smallest absolute Gasteiger partial charge is 0.136 e. The van der Waals surface area contributed by atoms with Crippen molar-refractivity contribution in [1.29, 1.82) is 0 Å². The van der Waals surface area contributed by atoms with Gasteiger partial charge in [0.15, 0.2) is 0 Å². The van der Waals surface area contributed by atoms with Gasteiger partial charge in [0, 0.05) is 12.8 Å². The second kappa shape index (κ2) is 22.2. The summed E-state index contributed by atoms with van der Waals surface area (Å²) in [5.41, 5.74) is 0. The minimum absolute atomic E-state index is 0.358. The standard InChI is InChI=1S/C24H43O2/c1-2-3-4-5-6-9-12-15-18-21-24(26)22-19-16-13-10-7-8-11-14-17-20-23-25/h20,22H,2-19,21H2,1H3. The van der Waals surface area contributed by atoms with E-state index in [-0.39, 0.29) is 0 Å². The molecule has 0 saturated heterocycles. The highest BCUT2D eigenvalue weighted by Crippen LogP contribution is 2.13. The minimum Gasteiger partial charge on any atom is -0.299 e. The highest BCUT2D eigenvalue weighted by molar-refractivity contribution is 5.86. The third kappa shape index (κ3) is 21.2. The molecule has 0 amide bonds. The van der Waals surface area contributed by atoms with Crippen LogP contribution in [0.1, 0.15) is 129 Å². The van der Waals surface area contributed by atoms with Crippen LogP contribution in [0, 0.1) is 6.42 Å². The lowest BCUT2D eigenvalue weighted by Gasteiger charge is -2.03. The average Bonchev–Trinajstić information content (AvgIpc) is 2.64. The van der Waals surface area contributed by atoms with Crippen molar-refractivity contribution in [2.45, 2.75) is 129 Å². The zero-order valence-corrected chi connectivity index (χ0v) is 17.4. The van der Waals surface area contributed by atoms with Gasteiger partial charge in [0.25, 0.3) is 0 Å². The number of rotatable bonds is 21. The lowest BCUT2D eigenvalue weighted by atomic mass is 10.0. The van der Waals surface area contributed by atoms with E-state index in [2.05, 4.69) is 6.92 Å². The Hall–Kier alpha value is -0.880. The first-order valence-corrected chi connectivity index (χ1v) is 11.4. The van der Waals surface area contributed by atoms with Gasteiger partial charge in [-0.1, -0.05) is 96.8 Å². The molecule has 0 aromatic carbocycles. The topological polar surface area (TPSA) is 34.1 Å². The Morgan fingerprint density at radius 3 is 1.65 bits per heavy atom. The minimum atomic E-state index is 0.358. The number of unbranched alkanes of at least 4 members (excludes halogenated alkanes) is 16. The van der Waals surface area contributed by atoms with Crippen molar-refractivity contribution in [2.24, 2.45) is 0 Å². The maximum Gasteiger partial charge on any atom is 0.136 e. The highest BCUT2D eigenvalue weighted by atomic mass is 16.1. The molecule has 0 spiro atoms. The molecule has 0 N–H and O–H groups in total. The molecule has 0 bridgehead atoms. The number of carbonyl (C=O) groups is 1. The third-order valence-electron chi connectivity index (χ3n) is 5.03. The van der Waals surface area contributed by atoms with Crippen LogP contribution in [0.25, 0.3) is 0 Å². The van der Waals surface area contributed by atoms with Gasteiger partial charge < -0.3 is 0 Å². The molecular formula is C24H43O2. The maximum absolute atomic E-state index is 11.8. The van der Waals surface area contributed by atoms with Gasteiger partial charge in [-0.3, -0.25) is 4.79 Å². The lowest BCUT2D eigenvalue weighted by molar-refractivity contribution is -0.116. The molecule has 0 atom stereocenters. The molecule has 0 fully saturated rings. The summed E-state index contributed by atoms with van der Waals surface area (Å²) in [6, 6.07) is 0. The molecule has 0 aromatic heterocycles. The Kier molecular flexibility index (Phi) is 21.4. The van der Waals surface area contributed by atoms with Crippen molar-refractivity contribution in [1.82, 2.24) is 0 Å². The van der Waals surface area contributed by atoms with Gasteiger partial charge in [0.1, 0.15) is 11.7 Å². The van der Waals surface area contributed by atoms with E-state index in [1.807, 2.05) is 12.4 Å². The fraction of sp³-hybridized carbons (Fsp3) is 0.833. The van der Waals surface area contributed by atoms with Gasteiger partial charge in [-0.15, -0.1) is 0 Å². The Morgan fingerprint density at radius 2 is 1.12 bits per heavy atom. The van der Waals surface area contributed by atoms with Gasteiger partial charge in [0.05, 0.1) is 0 Å². The number of allylic oxidation sites excluding steroid dienone is 1. The van der Waals surface area contributed by atoms with Crippen LogP contribution in [-0.4, -0.2) is 11.7 Å². The maximum atomic E-state index is 11.8. The molecule has 0 unspecified atom stereocenters. The summed E-state index contributed by atoms with van der Waals surface area (Å²) in [6.07, 6.45) is 26.4. The Balaban J connectivity index is 3.16. The van der Waals surface area contributed by atoms with Crippen molar-refractivity contribution < 1.29 is 9.59 Å². The number of hydrogen-bond donors (Lipinski definition) is 0. The fourth-order valence-electron chi connectivity index (χ4n) is 3.31. The molecule has 0 heterocycles. The van der Waals surface area contributed by atoms with Gasteiger partial charge in [-0.25, -0.2) is 4.79 Å². The summed E-state index contributed by atoms with van der Waals surface area (Å²) in [5.74, 6) is 2.18. The van der Waals surface area contributed by atoms with Crippen LogP contribution in [0.2, 0.25) is 0 Å². The number of ketones is 1. The Labute approximate surface area is 163 Å². The van der Waals surface area contributed by atoms with E-state index in [1.165, 1.54) is 83.5 Å². The van der Waals surface area contributed by atoms with E-state index in [0.717, 1.165) is 38.5 Å². The molecule has 0 aliphatic heterocycles. The number of hydrogen-bond acceptors (Lipinski definition) is 2. The van der Waals surface area contributed by atoms with Crippen molar-refractivity contribution in [3.8, 4) is 0 Å². The zero-order chi connectivity index (χ0) is 19.1. The summed E-state index contributed by atoms with van der Waals surface area (Å²) < 4.78 is 0. The Bertz CT molecular complexity index is 342. The van der Waals surface area contributed by atoms with Crippen molar-refractivity contribution >= 4 is 11.7 Å². The molecule has 1 radical (unpaired) electrons. The first-order chi connectivity index (χ1) is 12.8. The lowest BCUT2D eigenvalue weighted by Crippen LogP contribution is -1.98. The summed E-state index contributed by atoms with van der Waals surface area (Å²) >= 11 is 0. The van der Waals surface area contributed by atoms with Gasteiger partial charge in [-0.05, 0) is 31.8 Å². The first-order valence-electron chi connectivity index (χ1n) is 11.4. The molecule has 0 aliphatic carbocycles. The van der Waals surface area contributed by atoms with Gasteiger partial charge in [-0.2, -0.15) is 0 Å². The second-order valence-corrected chi connectivity index (χ2v) is 7.62. The molecule has 26 heavy (non-hydrogen) atoms. The quantitative estimate of drug-likeness (QED) is 0.155. The van der Waals surface area contributed by atoms with E-state index < -0.39 is 0 Å². The predicted molar refractivity (Wildman–Crippen MR) is 113 cm³/mol. The van der Waals surface area contributed by atoms with Crippen molar-refractivity contribution in [3.05, 3.63) is 12.5 Å². The monoisotopic (exact) mass is 363 g/mol. The highest BCUT2D eigenvalue weighted by Gasteiger charge is 2.02. The van der Waals surface area contributed by atoms with E-state index in [0.29, 0.717) is 5.78 Å². The summed E-state index contributed by atoms with van der Waals surface area (Å²) in [4.78, 5) is 21.8. The van der Waals surface area contributed by atoms with Crippen LogP contribution >= 0.6 is 0 Å². The molecule has 0 saturated carbocycles. The summed E-state index contributed by atoms with van der Waals surface area (Å²) in [7, 11) is 0. The average molecular weight is 364 g/mol. The number of Topliss-reactive ketones (excluding diaryl/α,β-unsaturated/α-hetero) is 1. The predicted octanol–water partition coefficient (Wildman–Crippen LogP) is 7.58. The molecule has 2 nitrogen and oxygen atoms in total. The molecule has 2 heteroatoms. The van der Waals surface area contributed by atoms with E-state index in [9.17, 15) is 9.59 Å². The van der Waals surface area contributed by atoms with Gasteiger partial charge >= 0.3 is 0 Å². The van der Waals surface area contributed by atoms with E-state index in [1.54, 1.807) is 6.08 Å². The van der Waals surface area contributed by atoms with E-state index in [4.69, 9.17) is 0 Å². The van der Waals surface area contributed by atoms with Crippen LogP contribution in [0.15, 0.2) is 6.08 Å². The van der Waals surface area contributed by atoms with Crippen molar-refractivity contribution in [2.75, 3.05) is 0 Å². The fourth-order valence-corrected chi connectivity index (χ4v) is 3.31.